The Bertz CT molecular complexity index is 501. The molecule has 0 aliphatic carbocycles. The summed E-state index contributed by atoms with van der Waals surface area (Å²) in [6.45, 7) is 5.42. The lowest BCUT2D eigenvalue weighted by Gasteiger charge is -2.44. The molecule has 3 nitrogen and oxygen atoms in total. The second-order valence-electron chi connectivity index (χ2n) is 5.95. The van der Waals surface area contributed by atoms with Gasteiger partial charge in [-0.2, -0.15) is 0 Å². The number of hydrogen-bond acceptors (Lipinski definition) is 2. The Morgan fingerprint density at radius 1 is 1.25 bits per heavy atom. The van der Waals surface area contributed by atoms with E-state index >= 15 is 0 Å². The zero-order valence-electron chi connectivity index (χ0n) is 12.0. The van der Waals surface area contributed by atoms with Crippen LogP contribution < -0.4 is 5.32 Å². The number of rotatable bonds is 3. The van der Waals surface area contributed by atoms with Gasteiger partial charge in [0, 0.05) is 18.7 Å². The Morgan fingerprint density at radius 2 is 1.95 bits per heavy atom. The summed E-state index contributed by atoms with van der Waals surface area (Å²) in [5.41, 5.74) is 2.13. The highest BCUT2D eigenvalue weighted by Crippen LogP contribution is 2.27. The molecule has 1 atom stereocenters. The van der Waals surface area contributed by atoms with Crippen molar-refractivity contribution in [2.75, 3.05) is 19.6 Å². The Morgan fingerprint density at radius 3 is 2.55 bits per heavy atom. The van der Waals surface area contributed by atoms with Crippen LogP contribution in [0.5, 0.6) is 0 Å². The van der Waals surface area contributed by atoms with Gasteiger partial charge in [-0.05, 0) is 49.9 Å². The van der Waals surface area contributed by atoms with Crippen molar-refractivity contribution in [3.05, 3.63) is 42.0 Å². The molecule has 2 bridgehead atoms. The van der Waals surface area contributed by atoms with E-state index in [0.717, 1.165) is 17.7 Å². The molecule has 0 radical (unpaired) electrons. The molecule has 20 heavy (non-hydrogen) atoms. The van der Waals surface area contributed by atoms with Gasteiger partial charge in [0.15, 0.2) is 0 Å². The molecule has 3 fully saturated rings. The predicted octanol–water partition coefficient (Wildman–Crippen LogP) is 2.30. The molecule has 0 saturated carbocycles. The van der Waals surface area contributed by atoms with Gasteiger partial charge >= 0.3 is 0 Å². The van der Waals surface area contributed by atoms with E-state index in [9.17, 15) is 4.79 Å². The Balaban J connectivity index is 1.62. The molecular weight excluding hydrogens is 248 g/mol. The van der Waals surface area contributed by atoms with Gasteiger partial charge in [0.05, 0.1) is 0 Å². The third-order valence-corrected chi connectivity index (χ3v) is 4.56. The van der Waals surface area contributed by atoms with Gasteiger partial charge in [-0.1, -0.05) is 30.3 Å². The highest BCUT2D eigenvalue weighted by Gasteiger charge is 2.34. The first-order valence-electron chi connectivity index (χ1n) is 7.49. The van der Waals surface area contributed by atoms with E-state index in [2.05, 4.69) is 10.2 Å². The number of fused-ring (bicyclic) bond motifs is 3. The van der Waals surface area contributed by atoms with E-state index < -0.39 is 0 Å². The van der Waals surface area contributed by atoms with Crippen molar-refractivity contribution in [1.82, 2.24) is 10.2 Å². The number of benzene rings is 1. The van der Waals surface area contributed by atoms with Crippen molar-refractivity contribution in [3.8, 4) is 0 Å². The van der Waals surface area contributed by atoms with E-state index in [1.165, 1.54) is 25.9 Å². The number of carbonyl (C=O) groups is 1. The van der Waals surface area contributed by atoms with Crippen LogP contribution in [0.3, 0.4) is 0 Å². The van der Waals surface area contributed by atoms with Crippen LogP contribution in [0.1, 0.15) is 25.3 Å². The van der Waals surface area contributed by atoms with E-state index in [4.69, 9.17) is 0 Å². The standard InChI is InChI=1S/C17H22N2O/c1-13(14-5-3-2-4-6-14)11-17(20)18-16-12-19-9-7-15(16)8-10-19/h2-6,11,15-16H,7-10,12H2,1H3,(H,18,20)/b13-11-. The Labute approximate surface area is 120 Å². The molecule has 3 aliphatic heterocycles. The van der Waals surface area contributed by atoms with Gasteiger partial charge in [0.25, 0.3) is 0 Å². The van der Waals surface area contributed by atoms with Crippen LogP contribution in [0.25, 0.3) is 5.57 Å². The SMILES string of the molecule is C/C(=C/C(=O)NC1CN2CCC1CC2)c1ccccc1. The van der Waals surface area contributed by atoms with E-state index in [0.29, 0.717) is 12.0 Å². The first-order chi connectivity index (χ1) is 9.72. The minimum Gasteiger partial charge on any atom is -0.348 e. The molecule has 1 unspecified atom stereocenters. The third-order valence-electron chi connectivity index (χ3n) is 4.56. The lowest BCUT2D eigenvalue weighted by molar-refractivity contribution is -0.118. The maximum atomic E-state index is 12.2. The minimum absolute atomic E-state index is 0.0464. The van der Waals surface area contributed by atoms with E-state index in [-0.39, 0.29) is 5.91 Å². The van der Waals surface area contributed by atoms with Crippen LogP contribution >= 0.6 is 0 Å². The third kappa shape index (κ3) is 2.93. The summed E-state index contributed by atoms with van der Waals surface area (Å²) in [6, 6.07) is 10.4. The van der Waals surface area contributed by atoms with Gasteiger partial charge < -0.3 is 10.2 Å². The first-order valence-corrected chi connectivity index (χ1v) is 7.49. The number of amides is 1. The molecule has 0 aromatic heterocycles. The zero-order valence-corrected chi connectivity index (χ0v) is 12.0. The summed E-state index contributed by atoms with van der Waals surface area (Å²) in [6.07, 6.45) is 4.19. The molecule has 3 saturated heterocycles. The number of nitrogens with zero attached hydrogens (tertiary/aromatic N) is 1. The fraction of sp³-hybridized carbons (Fsp3) is 0.471. The normalized spacial score (nSPS) is 29.2. The summed E-state index contributed by atoms with van der Waals surface area (Å²) >= 11 is 0. The summed E-state index contributed by atoms with van der Waals surface area (Å²) in [4.78, 5) is 14.6. The monoisotopic (exact) mass is 270 g/mol. The number of piperidine rings is 3. The van der Waals surface area contributed by atoms with E-state index in [1.54, 1.807) is 6.08 Å². The molecule has 0 spiro atoms. The van der Waals surface area contributed by atoms with Crippen LogP contribution in [-0.4, -0.2) is 36.5 Å². The van der Waals surface area contributed by atoms with E-state index in [1.807, 2.05) is 37.3 Å². The van der Waals surface area contributed by atoms with Crippen molar-refractivity contribution in [2.24, 2.45) is 5.92 Å². The molecule has 1 N–H and O–H groups in total. The maximum absolute atomic E-state index is 12.2. The fourth-order valence-electron chi connectivity index (χ4n) is 3.33. The predicted molar refractivity (Wildman–Crippen MR) is 81.2 cm³/mol. The van der Waals surface area contributed by atoms with Crippen LogP contribution in [0.2, 0.25) is 0 Å². The van der Waals surface area contributed by atoms with Crippen molar-refractivity contribution < 1.29 is 4.79 Å². The van der Waals surface area contributed by atoms with Crippen LogP contribution in [0, 0.1) is 5.92 Å². The number of carbonyl (C=O) groups excluding carboxylic acids is 1. The summed E-state index contributed by atoms with van der Waals surface area (Å²) < 4.78 is 0. The molecular formula is C17H22N2O. The molecule has 3 heterocycles. The van der Waals surface area contributed by atoms with Gasteiger partial charge in [-0.25, -0.2) is 0 Å². The molecule has 3 heteroatoms. The lowest BCUT2D eigenvalue weighted by atomic mass is 9.84. The van der Waals surface area contributed by atoms with Crippen molar-refractivity contribution in [3.63, 3.8) is 0 Å². The molecule has 1 amide bonds. The van der Waals surface area contributed by atoms with Crippen molar-refractivity contribution in [2.45, 2.75) is 25.8 Å². The fourth-order valence-corrected chi connectivity index (χ4v) is 3.33. The molecule has 3 aliphatic rings. The minimum atomic E-state index is 0.0464. The average molecular weight is 270 g/mol. The van der Waals surface area contributed by atoms with Gasteiger partial charge in [-0.3, -0.25) is 4.79 Å². The van der Waals surface area contributed by atoms with Crippen LogP contribution in [0.15, 0.2) is 36.4 Å². The smallest absolute Gasteiger partial charge is 0.244 e. The van der Waals surface area contributed by atoms with Crippen molar-refractivity contribution in [1.29, 1.82) is 0 Å². The quantitative estimate of drug-likeness (QED) is 0.855. The van der Waals surface area contributed by atoms with Crippen LogP contribution in [-0.2, 0) is 4.79 Å². The highest BCUT2D eigenvalue weighted by atomic mass is 16.1. The molecule has 106 valence electrons. The second-order valence-corrected chi connectivity index (χ2v) is 5.95. The summed E-state index contributed by atoms with van der Waals surface area (Å²) in [5, 5.41) is 3.19. The van der Waals surface area contributed by atoms with Gasteiger partial charge in [0.1, 0.15) is 0 Å². The Kier molecular flexibility index (Phi) is 3.88. The molecule has 1 aromatic carbocycles. The second kappa shape index (κ2) is 5.80. The summed E-state index contributed by atoms with van der Waals surface area (Å²) in [5.74, 6) is 0.722. The average Bonchev–Trinajstić information content (AvgIpc) is 2.49. The number of allylic oxidation sites excluding steroid dienone is 1. The first kappa shape index (κ1) is 13.4. The molecule has 4 rings (SSSR count). The highest BCUT2D eigenvalue weighted by molar-refractivity contribution is 5.95. The number of hydrogen-bond donors (Lipinski definition) is 1. The largest absolute Gasteiger partial charge is 0.348 e. The lowest BCUT2D eigenvalue weighted by Crippen LogP contribution is -2.57. The van der Waals surface area contributed by atoms with Gasteiger partial charge in [0.2, 0.25) is 5.91 Å². The van der Waals surface area contributed by atoms with Crippen molar-refractivity contribution >= 4 is 11.5 Å². The summed E-state index contributed by atoms with van der Waals surface area (Å²) in [7, 11) is 0. The maximum Gasteiger partial charge on any atom is 0.244 e. The van der Waals surface area contributed by atoms with Gasteiger partial charge in [-0.15, -0.1) is 0 Å². The zero-order chi connectivity index (χ0) is 13.9. The number of nitrogens with one attached hydrogen (secondary N) is 1. The molecule has 1 aromatic rings. The Hall–Kier alpha value is -1.61. The topological polar surface area (TPSA) is 32.3 Å². The van der Waals surface area contributed by atoms with Crippen LogP contribution in [0.4, 0.5) is 0 Å².